The normalized spacial score (nSPS) is 10.9. The summed E-state index contributed by atoms with van der Waals surface area (Å²) in [5.41, 5.74) is 4.88. The van der Waals surface area contributed by atoms with Crippen LogP contribution in [0.3, 0.4) is 0 Å². The lowest BCUT2D eigenvalue weighted by Gasteiger charge is -2.14. The first-order chi connectivity index (χ1) is 12.8. The molecular formula is C19H21Br2N3O3. The number of methoxy groups -OCH3 is 1. The third-order valence-corrected chi connectivity index (χ3v) is 5.01. The molecule has 0 aliphatic carbocycles. The van der Waals surface area contributed by atoms with E-state index in [0.29, 0.717) is 17.2 Å². The minimum atomic E-state index is -0.434. The van der Waals surface area contributed by atoms with Crippen LogP contribution in [-0.2, 0) is 0 Å². The minimum absolute atomic E-state index is 0.0259. The maximum Gasteiger partial charge on any atom is 0.339 e. The van der Waals surface area contributed by atoms with Crippen molar-refractivity contribution in [1.29, 1.82) is 0 Å². The zero-order valence-corrected chi connectivity index (χ0v) is 18.6. The van der Waals surface area contributed by atoms with Gasteiger partial charge in [0.2, 0.25) is 0 Å². The minimum Gasteiger partial charge on any atom is -0.493 e. The van der Waals surface area contributed by atoms with Gasteiger partial charge in [0.05, 0.1) is 19.4 Å². The first-order valence-electron chi connectivity index (χ1n) is 8.20. The Morgan fingerprint density at radius 3 is 2.52 bits per heavy atom. The van der Waals surface area contributed by atoms with E-state index in [2.05, 4.69) is 47.7 Å². The number of carbonyl (C=O) groups is 1. The van der Waals surface area contributed by atoms with Crippen molar-refractivity contribution in [3.05, 3.63) is 50.4 Å². The first kappa shape index (κ1) is 21.2. The quantitative estimate of drug-likeness (QED) is 0.409. The lowest BCUT2D eigenvalue weighted by Crippen LogP contribution is -2.24. The molecule has 2 aromatic carbocycles. The molecule has 0 heterocycles. The number of hydrazone groups is 1. The van der Waals surface area contributed by atoms with Gasteiger partial charge in [0.25, 0.3) is 0 Å². The summed E-state index contributed by atoms with van der Waals surface area (Å²) in [6, 6.07) is 8.69. The van der Waals surface area contributed by atoms with Gasteiger partial charge in [-0.25, -0.2) is 10.2 Å². The van der Waals surface area contributed by atoms with Crippen LogP contribution >= 0.6 is 31.9 Å². The molecule has 0 saturated carbocycles. The number of amides is 2. The average Bonchev–Trinajstić information content (AvgIpc) is 2.59. The molecule has 27 heavy (non-hydrogen) atoms. The van der Waals surface area contributed by atoms with E-state index in [0.717, 1.165) is 20.1 Å². The lowest BCUT2D eigenvalue weighted by molar-refractivity contribution is 0.230. The molecule has 0 unspecified atom stereocenters. The number of hydrogen-bond donors (Lipinski definition) is 2. The van der Waals surface area contributed by atoms with Crippen LogP contribution < -0.4 is 20.2 Å². The predicted octanol–water partition coefficient (Wildman–Crippen LogP) is 5.47. The van der Waals surface area contributed by atoms with Crippen LogP contribution in [0, 0.1) is 6.92 Å². The second-order valence-corrected chi connectivity index (χ2v) is 7.69. The van der Waals surface area contributed by atoms with Gasteiger partial charge in [0.15, 0.2) is 11.5 Å². The molecular weight excluding hydrogens is 478 g/mol. The summed E-state index contributed by atoms with van der Waals surface area (Å²) in [6.07, 6.45) is 1.55. The van der Waals surface area contributed by atoms with E-state index in [4.69, 9.17) is 9.47 Å². The maximum atomic E-state index is 12.0. The standard InChI is InChI=1S/C19H21Br2N3O3/c1-11(2)27-18-9-16(21)13(8-17(18)26-4)10-22-24-19(25)23-14-5-6-15(20)12(3)7-14/h5-11H,1-4H3,(H2,23,24,25)/b22-10+. The highest BCUT2D eigenvalue weighted by atomic mass is 79.9. The molecule has 2 N–H and O–H groups in total. The second kappa shape index (κ2) is 9.75. The number of nitrogens with zero attached hydrogens (tertiary/aromatic N) is 1. The fourth-order valence-corrected chi connectivity index (χ4v) is 2.87. The number of benzene rings is 2. The molecule has 8 heteroatoms. The van der Waals surface area contributed by atoms with Crippen LogP contribution in [0.5, 0.6) is 11.5 Å². The molecule has 0 spiro atoms. The largest absolute Gasteiger partial charge is 0.493 e. The van der Waals surface area contributed by atoms with Crippen molar-refractivity contribution in [3.8, 4) is 11.5 Å². The van der Waals surface area contributed by atoms with Crippen LogP contribution in [0.15, 0.2) is 44.4 Å². The summed E-state index contributed by atoms with van der Waals surface area (Å²) in [7, 11) is 1.57. The van der Waals surface area contributed by atoms with Crippen LogP contribution in [-0.4, -0.2) is 25.5 Å². The topological polar surface area (TPSA) is 72.0 Å². The third-order valence-electron chi connectivity index (χ3n) is 3.43. The van der Waals surface area contributed by atoms with Crippen molar-refractivity contribution in [2.24, 2.45) is 5.10 Å². The number of urea groups is 1. The van der Waals surface area contributed by atoms with Gasteiger partial charge in [-0.3, -0.25) is 0 Å². The molecule has 0 atom stereocenters. The Morgan fingerprint density at radius 2 is 1.89 bits per heavy atom. The molecule has 6 nitrogen and oxygen atoms in total. The Hall–Kier alpha value is -2.06. The zero-order valence-electron chi connectivity index (χ0n) is 15.5. The molecule has 0 bridgehead atoms. The third kappa shape index (κ3) is 6.25. The number of hydrogen-bond acceptors (Lipinski definition) is 4. The number of anilines is 1. The smallest absolute Gasteiger partial charge is 0.339 e. The second-order valence-electron chi connectivity index (χ2n) is 5.98. The van der Waals surface area contributed by atoms with Crippen LogP contribution in [0.4, 0.5) is 10.5 Å². The van der Waals surface area contributed by atoms with Crippen molar-refractivity contribution in [1.82, 2.24) is 5.43 Å². The highest BCUT2D eigenvalue weighted by Gasteiger charge is 2.11. The monoisotopic (exact) mass is 497 g/mol. The van der Waals surface area contributed by atoms with Crippen molar-refractivity contribution in [3.63, 3.8) is 0 Å². The van der Waals surface area contributed by atoms with Crippen LogP contribution in [0.25, 0.3) is 0 Å². The van der Waals surface area contributed by atoms with E-state index in [1.54, 1.807) is 19.2 Å². The summed E-state index contributed by atoms with van der Waals surface area (Å²) >= 11 is 6.90. The summed E-state index contributed by atoms with van der Waals surface area (Å²) in [5.74, 6) is 1.22. The Labute approximate surface area is 175 Å². The molecule has 144 valence electrons. The van der Waals surface area contributed by atoms with Gasteiger partial charge in [-0.1, -0.05) is 15.9 Å². The fraction of sp³-hybridized carbons (Fsp3) is 0.263. The van der Waals surface area contributed by atoms with Crippen molar-refractivity contribution in [2.75, 3.05) is 12.4 Å². The Morgan fingerprint density at radius 1 is 1.15 bits per heavy atom. The van der Waals surface area contributed by atoms with Crippen LogP contribution in [0.2, 0.25) is 0 Å². The van der Waals surface area contributed by atoms with E-state index in [-0.39, 0.29) is 6.10 Å². The van der Waals surface area contributed by atoms with Gasteiger partial charge in [0, 0.05) is 20.2 Å². The van der Waals surface area contributed by atoms with Crippen LogP contribution in [0.1, 0.15) is 25.0 Å². The number of ether oxygens (including phenoxy) is 2. The van der Waals surface area contributed by atoms with E-state index < -0.39 is 6.03 Å². The first-order valence-corrected chi connectivity index (χ1v) is 9.79. The number of rotatable bonds is 6. The molecule has 0 aromatic heterocycles. The van der Waals surface area contributed by atoms with Gasteiger partial charge in [-0.2, -0.15) is 5.10 Å². The van der Waals surface area contributed by atoms with Gasteiger partial charge in [0.1, 0.15) is 0 Å². The molecule has 0 fully saturated rings. The van der Waals surface area contributed by atoms with Gasteiger partial charge >= 0.3 is 6.03 Å². The molecule has 2 amide bonds. The van der Waals surface area contributed by atoms with E-state index >= 15 is 0 Å². The molecule has 0 aliphatic heterocycles. The zero-order chi connectivity index (χ0) is 20.0. The lowest BCUT2D eigenvalue weighted by atomic mass is 10.2. The summed E-state index contributed by atoms with van der Waals surface area (Å²) in [5, 5.41) is 6.70. The Bertz CT molecular complexity index is 854. The summed E-state index contributed by atoms with van der Waals surface area (Å²) in [6.45, 7) is 5.83. The highest BCUT2D eigenvalue weighted by molar-refractivity contribution is 9.10. The number of aryl methyl sites for hydroxylation is 1. The van der Waals surface area contributed by atoms with Gasteiger partial charge in [-0.05, 0) is 72.6 Å². The SMILES string of the molecule is COc1cc(/C=N/NC(=O)Nc2ccc(Br)c(C)c2)c(Br)cc1OC(C)C. The number of carbonyl (C=O) groups excluding carboxylic acids is 1. The van der Waals surface area contributed by atoms with Crippen molar-refractivity contribution >= 4 is 49.8 Å². The summed E-state index contributed by atoms with van der Waals surface area (Å²) < 4.78 is 12.8. The molecule has 2 aromatic rings. The molecule has 0 aliphatic rings. The van der Waals surface area contributed by atoms with E-state index in [9.17, 15) is 4.79 Å². The molecule has 2 rings (SSSR count). The van der Waals surface area contributed by atoms with Crippen molar-refractivity contribution in [2.45, 2.75) is 26.9 Å². The maximum absolute atomic E-state index is 12.0. The fourth-order valence-electron chi connectivity index (χ4n) is 2.20. The predicted molar refractivity (Wildman–Crippen MR) is 115 cm³/mol. The average molecular weight is 499 g/mol. The highest BCUT2D eigenvalue weighted by Crippen LogP contribution is 2.33. The van der Waals surface area contributed by atoms with E-state index in [1.807, 2.05) is 39.0 Å². The van der Waals surface area contributed by atoms with Crippen molar-refractivity contribution < 1.29 is 14.3 Å². The summed E-state index contributed by atoms with van der Waals surface area (Å²) in [4.78, 5) is 12.0. The molecule has 0 saturated heterocycles. The van der Waals surface area contributed by atoms with E-state index in [1.165, 1.54) is 6.21 Å². The Balaban J connectivity index is 2.04. The Kier molecular flexibility index (Phi) is 7.67. The number of nitrogens with one attached hydrogen (secondary N) is 2. The van der Waals surface area contributed by atoms with Gasteiger partial charge in [-0.15, -0.1) is 0 Å². The molecule has 0 radical (unpaired) electrons. The van der Waals surface area contributed by atoms with Gasteiger partial charge < -0.3 is 14.8 Å². The number of halogens is 2.